The van der Waals surface area contributed by atoms with Crippen LogP contribution < -0.4 is 10.2 Å². The molecule has 0 radical (unpaired) electrons. The molecule has 3 rings (SSSR count). The number of carboxylic acid groups (broad SMARTS) is 1. The lowest BCUT2D eigenvalue weighted by Crippen LogP contribution is -2.26. The lowest BCUT2D eigenvalue weighted by molar-refractivity contribution is 0.0694. The molecule has 0 amide bonds. The van der Waals surface area contributed by atoms with Gasteiger partial charge in [-0.25, -0.2) is 9.18 Å². The molecule has 1 atom stereocenters. The predicted octanol–water partition coefficient (Wildman–Crippen LogP) is 2.55. The summed E-state index contributed by atoms with van der Waals surface area (Å²) in [6.45, 7) is 2.10. The van der Waals surface area contributed by atoms with Crippen LogP contribution in [0.4, 0.5) is 4.39 Å². The lowest BCUT2D eigenvalue weighted by atomic mass is 10.1. The number of benzene rings is 1. The third-order valence-electron chi connectivity index (χ3n) is 3.34. The summed E-state index contributed by atoms with van der Waals surface area (Å²) in [5.41, 5.74) is -0.681. The summed E-state index contributed by atoms with van der Waals surface area (Å²) in [6, 6.07) is 0.885. The average Bonchev–Trinajstić information content (AvgIpc) is 2.39. The van der Waals surface area contributed by atoms with Gasteiger partial charge >= 0.3 is 5.97 Å². The van der Waals surface area contributed by atoms with E-state index >= 15 is 0 Å². The van der Waals surface area contributed by atoms with Crippen molar-refractivity contribution in [3.8, 4) is 5.75 Å². The number of hydrogen-bond donors (Lipinski definition) is 1. The highest BCUT2D eigenvalue weighted by atomic mass is 79.9. The highest BCUT2D eigenvalue weighted by Gasteiger charge is 2.26. The van der Waals surface area contributed by atoms with Crippen molar-refractivity contribution < 1.29 is 19.0 Å². The van der Waals surface area contributed by atoms with E-state index in [2.05, 4.69) is 15.9 Å². The van der Waals surface area contributed by atoms with Gasteiger partial charge in [-0.05, 0) is 28.9 Å². The summed E-state index contributed by atoms with van der Waals surface area (Å²) in [7, 11) is 0. The van der Waals surface area contributed by atoms with Gasteiger partial charge in [-0.2, -0.15) is 0 Å². The summed E-state index contributed by atoms with van der Waals surface area (Å²) in [5.74, 6) is -1.76. The molecule has 1 aromatic carbocycles. The Labute approximate surface area is 120 Å². The second-order valence-corrected chi connectivity index (χ2v) is 5.44. The topological polar surface area (TPSA) is 68.5 Å². The van der Waals surface area contributed by atoms with Gasteiger partial charge in [0, 0.05) is 6.20 Å². The molecule has 0 fully saturated rings. The van der Waals surface area contributed by atoms with E-state index in [1.807, 2.05) is 6.92 Å². The summed E-state index contributed by atoms with van der Waals surface area (Å²) in [4.78, 5) is 23.3. The zero-order valence-electron chi connectivity index (χ0n) is 10.3. The molecular weight excluding hydrogens is 333 g/mol. The number of nitrogens with zero attached hydrogens (tertiary/aromatic N) is 1. The van der Waals surface area contributed by atoms with Crippen LogP contribution in [-0.4, -0.2) is 22.2 Å². The molecule has 20 heavy (non-hydrogen) atoms. The van der Waals surface area contributed by atoms with Crippen LogP contribution >= 0.6 is 15.9 Å². The fourth-order valence-electron chi connectivity index (χ4n) is 2.35. The standard InChI is InChI=1S/C13H9BrFNO4/c1-5-4-20-12-9(14)8(15)2-6-10(12)16(5)3-7(11(6)17)13(18)19/h2-3,5H,4H2,1H3,(H,18,19)/t5-/m1/s1. The number of halogens is 2. The summed E-state index contributed by atoms with van der Waals surface area (Å²) >= 11 is 3.09. The van der Waals surface area contributed by atoms with Crippen molar-refractivity contribution in [2.75, 3.05) is 6.61 Å². The van der Waals surface area contributed by atoms with E-state index in [4.69, 9.17) is 9.84 Å². The predicted molar refractivity (Wildman–Crippen MR) is 73.0 cm³/mol. The van der Waals surface area contributed by atoms with E-state index in [9.17, 15) is 14.0 Å². The van der Waals surface area contributed by atoms with Crippen LogP contribution in [0, 0.1) is 5.82 Å². The van der Waals surface area contributed by atoms with Crippen molar-refractivity contribution in [2.45, 2.75) is 13.0 Å². The van der Waals surface area contributed by atoms with Crippen LogP contribution in [-0.2, 0) is 0 Å². The molecule has 2 heterocycles. The van der Waals surface area contributed by atoms with Gasteiger partial charge in [0.15, 0.2) is 5.75 Å². The number of carbonyl (C=O) groups is 1. The van der Waals surface area contributed by atoms with E-state index in [1.54, 1.807) is 4.57 Å². The van der Waals surface area contributed by atoms with Crippen molar-refractivity contribution >= 4 is 32.8 Å². The van der Waals surface area contributed by atoms with Gasteiger partial charge in [0.25, 0.3) is 0 Å². The number of hydrogen-bond acceptors (Lipinski definition) is 3. The SMILES string of the molecule is C[C@@H]1COc2c(Br)c(F)cc3c(=O)c(C(=O)O)cn1c23. The van der Waals surface area contributed by atoms with Gasteiger partial charge < -0.3 is 14.4 Å². The molecule has 1 N–H and O–H groups in total. The molecule has 0 saturated carbocycles. The molecular formula is C13H9BrFNO4. The Hall–Kier alpha value is -1.89. The normalized spacial score (nSPS) is 17.1. The van der Waals surface area contributed by atoms with Crippen LogP contribution in [0.2, 0.25) is 0 Å². The minimum atomic E-state index is -1.33. The Kier molecular flexibility index (Phi) is 2.82. The quantitative estimate of drug-likeness (QED) is 0.865. The van der Waals surface area contributed by atoms with Gasteiger partial charge in [-0.3, -0.25) is 4.79 Å². The number of carboxylic acids is 1. The maximum Gasteiger partial charge on any atom is 0.341 e. The van der Waals surface area contributed by atoms with E-state index in [1.165, 1.54) is 6.20 Å². The molecule has 0 bridgehead atoms. The molecule has 0 aliphatic carbocycles. The maximum atomic E-state index is 13.8. The van der Waals surface area contributed by atoms with E-state index in [0.717, 1.165) is 6.07 Å². The van der Waals surface area contributed by atoms with Crippen LogP contribution in [0.1, 0.15) is 23.3 Å². The molecule has 5 nitrogen and oxygen atoms in total. The van der Waals surface area contributed by atoms with Crippen LogP contribution in [0.5, 0.6) is 5.75 Å². The monoisotopic (exact) mass is 341 g/mol. The Morgan fingerprint density at radius 2 is 2.30 bits per heavy atom. The van der Waals surface area contributed by atoms with Crippen molar-refractivity contribution in [2.24, 2.45) is 0 Å². The highest BCUT2D eigenvalue weighted by molar-refractivity contribution is 9.10. The minimum absolute atomic E-state index is 0.00662. The maximum absolute atomic E-state index is 13.8. The zero-order chi connectivity index (χ0) is 14.6. The molecule has 2 aromatic rings. The minimum Gasteiger partial charge on any atom is -0.488 e. The molecule has 1 aliphatic rings. The molecule has 0 spiro atoms. The van der Waals surface area contributed by atoms with Crippen LogP contribution in [0.15, 0.2) is 21.5 Å². The molecule has 104 valence electrons. The Morgan fingerprint density at radius 1 is 1.60 bits per heavy atom. The first-order valence-corrected chi connectivity index (χ1v) is 6.64. The molecule has 0 unspecified atom stereocenters. The Bertz CT molecular complexity index is 814. The molecule has 1 aliphatic heterocycles. The molecule has 0 saturated heterocycles. The highest BCUT2D eigenvalue weighted by Crippen LogP contribution is 2.39. The molecule has 7 heteroatoms. The van der Waals surface area contributed by atoms with Gasteiger partial charge in [-0.1, -0.05) is 0 Å². The fraction of sp³-hybridized carbons (Fsp3) is 0.231. The second-order valence-electron chi connectivity index (χ2n) is 4.64. The van der Waals surface area contributed by atoms with E-state index in [-0.39, 0.29) is 33.8 Å². The summed E-state index contributed by atoms with van der Waals surface area (Å²) in [6.07, 6.45) is 1.29. The van der Waals surface area contributed by atoms with Crippen molar-refractivity contribution in [3.05, 3.63) is 38.3 Å². The second kappa shape index (κ2) is 4.31. The summed E-state index contributed by atoms with van der Waals surface area (Å²) < 4.78 is 21.1. The van der Waals surface area contributed by atoms with E-state index < -0.39 is 17.2 Å². The smallest absolute Gasteiger partial charge is 0.341 e. The third-order valence-corrected chi connectivity index (χ3v) is 4.08. The number of rotatable bonds is 1. The van der Waals surface area contributed by atoms with Crippen molar-refractivity contribution in [1.82, 2.24) is 4.57 Å². The summed E-state index contributed by atoms with van der Waals surface area (Å²) in [5, 5.41) is 9.10. The number of pyridine rings is 1. The number of aromatic carboxylic acids is 1. The van der Waals surface area contributed by atoms with Crippen molar-refractivity contribution in [1.29, 1.82) is 0 Å². The van der Waals surface area contributed by atoms with E-state index in [0.29, 0.717) is 5.52 Å². The average molecular weight is 342 g/mol. The first-order chi connectivity index (χ1) is 9.41. The van der Waals surface area contributed by atoms with Gasteiger partial charge in [0.1, 0.15) is 18.0 Å². The van der Waals surface area contributed by atoms with Crippen molar-refractivity contribution in [3.63, 3.8) is 0 Å². The number of ether oxygens (including phenoxy) is 1. The van der Waals surface area contributed by atoms with Gasteiger partial charge in [0.2, 0.25) is 5.43 Å². The zero-order valence-corrected chi connectivity index (χ0v) is 11.9. The van der Waals surface area contributed by atoms with Gasteiger partial charge in [-0.15, -0.1) is 0 Å². The molecule has 1 aromatic heterocycles. The largest absolute Gasteiger partial charge is 0.488 e. The third kappa shape index (κ3) is 1.66. The fourth-order valence-corrected chi connectivity index (χ4v) is 2.76. The number of aromatic nitrogens is 1. The van der Waals surface area contributed by atoms with Gasteiger partial charge in [0.05, 0.1) is 21.4 Å². The van der Waals surface area contributed by atoms with Crippen LogP contribution in [0.25, 0.3) is 10.9 Å². The lowest BCUT2D eigenvalue weighted by Gasteiger charge is -2.27. The van der Waals surface area contributed by atoms with Crippen LogP contribution in [0.3, 0.4) is 0 Å². The Morgan fingerprint density at radius 3 is 2.95 bits per heavy atom. The first-order valence-electron chi connectivity index (χ1n) is 5.84. The Balaban J connectivity index is 2.57. The first kappa shape index (κ1) is 13.1.